The molecule has 1 aliphatic rings. The van der Waals surface area contributed by atoms with E-state index in [0.29, 0.717) is 23.5 Å². The Bertz CT molecular complexity index is 1230. The molecular formula is C29H30N2O5. The molecule has 0 radical (unpaired) electrons. The number of benzene rings is 3. The number of nitrogens with one attached hydrogen (secondary N) is 1. The number of ether oxygens (including phenoxy) is 2. The van der Waals surface area contributed by atoms with Gasteiger partial charge in [0.25, 0.3) is 5.91 Å². The first-order valence-electron chi connectivity index (χ1n) is 11.8. The topological polar surface area (TPSA) is 88.1 Å². The van der Waals surface area contributed by atoms with Gasteiger partial charge in [-0.1, -0.05) is 78.9 Å². The lowest BCUT2D eigenvalue weighted by atomic mass is 9.83. The molecule has 0 aromatic heterocycles. The van der Waals surface area contributed by atoms with Gasteiger partial charge in [0.2, 0.25) is 0 Å². The second-order valence-corrected chi connectivity index (χ2v) is 8.65. The van der Waals surface area contributed by atoms with E-state index in [-0.39, 0.29) is 13.2 Å². The van der Waals surface area contributed by atoms with Gasteiger partial charge in [0.15, 0.2) is 17.0 Å². The maximum absolute atomic E-state index is 13.7. The highest BCUT2D eigenvalue weighted by Gasteiger charge is 2.52. The van der Waals surface area contributed by atoms with Crippen LogP contribution < -0.4 is 14.8 Å². The van der Waals surface area contributed by atoms with Gasteiger partial charge in [0.1, 0.15) is 12.7 Å². The van der Waals surface area contributed by atoms with Crippen molar-refractivity contribution in [3.05, 3.63) is 102 Å². The summed E-state index contributed by atoms with van der Waals surface area (Å²) in [5.41, 5.74) is 1.30. The molecular weight excluding hydrogens is 456 g/mol. The van der Waals surface area contributed by atoms with Crippen LogP contribution in [-0.2, 0) is 16.8 Å². The van der Waals surface area contributed by atoms with E-state index < -0.39 is 23.6 Å². The van der Waals surface area contributed by atoms with E-state index in [2.05, 4.69) is 5.32 Å². The fourth-order valence-electron chi connectivity index (χ4n) is 4.38. The zero-order valence-electron chi connectivity index (χ0n) is 20.4. The van der Waals surface area contributed by atoms with E-state index >= 15 is 0 Å². The largest absolute Gasteiger partial charge is 0.493 e. The van der Waals surface area contributed by atoms with Gasteiger partial charge in [-0.15, -0.1) is 0 Å². The van der Waals surface area contributed by atoms with Gasteiger partial charge in [-0.25, -0.2) is 4.79 Å². The van der Waals surface area contributed by atoms with Crippen LogP contribution in [0, 0.1) is 0 Å². The molecule has 2 N–H and O–H groups in total. The number of hydrogen-bond donors (Lipinski definition) is 2. The molecule has 186 valence electrons. The van der Waals surface area contributed by atoms with Crippen LogP contribution in [0.25, 0.3) is 6.08 Å². The minimum atomic E-state index is -1.26. The van der Waals surface area contributed by atoms with Gasteiger partial charge >= 0.3 is 6.03 Å². The molecule has 0 saturated carbocycles. The van der Waals surface area contributed by atoms with Crippen molar-refractivity contribution in [1.29, 1.82) is 0 Å². The number of β-amino-alcohol motifs (C(OH)–C–C–N with tert-alkyl or cyclic N) is 1. The molecule has 7 nitrogen and oxygen atoms in total. The molecule has 4 rings (SSSR count). The predicted molar refractivity (Wildman–Crippen MR) is 138 cm³/mol. The monoisotopic (exact) mass is 486 g/mol. The molecule has 1 saturated heterocycles. The zero-order valence-corrected chi connectivity index (χ0v) is 20.4. The lowest BCUT2D eigenvalue weighted by Crippen LogP contribution is -2.46. The van der Waals surface area contributed by atoms with Gasteiger partial charge in [0, 0.05) is 6.42 Å². The summed E-state index contributed by atoms with van der Waals surface area (Å²) >= 11 is 0. The smallest absolute Gasteiger partial charge is 0.325 e. The average Bonchev–Trinajstić information content (AvgIpc) is 3.14. The number of nitrogens with zero attached hydrogens (tertiary/aromatic N) is 1. The SMILES string of the molecule is C/C=C/c1ccc(OCC(O)CN2C(=O)NC(Cc3ccccc3)(c3ccccc3)C2=O)c(OC)c1. The van der Waals surface area contributed by atoms with Crippen LogP contribution in [-0.4, -0.2) is 48.3 Å². The van der Waals surface area contributed by atoms with Gasteiger partial charge in [-0.3, -0.25) is 9.69 Å². The summed E-state index contributed by atoms with van der Waals surface area (Å²) in [6.45, 7) is 1.61. The Hall–Kier alpha value is -4.10. The van der Waals surface area contributed by atoms with Crippen LogP contribution in [0.4, 0.5) is 4.79 Å². The highest BCUT2D eigenvalue weighted by molar-refractivity contribution is 6.07. The molecule has 1 aliphatic heterocycles. The second kappa shape index (κ2) is 11.1. The van der Waals surface area contributed by atoms with Crippen molar-refractivity contribution in [2.75, 3.05) is 20.3 Å². The zero-order chi connectivity index (χ0) is 25.5. The molecule has 0 aliphatic carbocycles. The Morgan fingerprint density at radius 1 is 1.00 bits per heavy atom. The van der Waals surface area contributed by atoms with Crippen molar-refractivity contribution >= 4 is 18.0 Å². The Morgan fingerprint density at radius 2 is 1.69 bits per heavy atom. The highest BCUT2D eigenvalue weighted by Crippen LogP contribution is 2.33. The van der Waals surface area contributed by atoms with E-state index in [1.165, 1.54) is 0 Å². The van der Waals surface area contributed by atoms with Crippen LogP contribution in [0.1, 0.15) is 23.6 Å². The Labute approximate surface area is 211 Å². The third-order valence-corrected chi connectivity index (χ3v) is 6.13. The summed E-state index contributed by atoms with van der Waals surface area (Å²) < 4.78 is 11.2. The number of urea groups is 1. The van der Waals surface area contributed by atoms with Crippen molar-refractivity contribution < 1.29 is 24.2 Å². The van der Waals surface area contributed by atoms with Crippen LogP contribution in [0.5, 0.6) is 11.5 Å². The first kappa shape index (κ1) is 25.0. The predicted octanol–water partition coefficient (Wildman–Crippen LogP) is 4.16. The minimum Gasteiger partial charge on any atom is -0.493 e. The average molecular weight is 487 g/mol. The van der Waals surface area contributed by atoms with Crippen LogP contribution in [0.2, 0.25) is 0 Å². The number of carbonyl (C=O) groups is 2. The summed E-state index contributed by atoms with van der Waals surface area (Å²) in [4.78, 5) is 27.8. The summed E-state index contributed by atoms with van der Waals surface area (Å²) in [5.74, 6) is 0.582. The molecule has 2 unspecified atom stereocenters. The van der Waals surface area contributed by atoms with E-state index in [1.54, 1.807) is 13.2 Å². The molecule has 7 heteroatoms. The molecule has 3 aromatic carbocycles. The van der Waals surface area contributed by atoms with E-state index in [0.717, 1.165) is 16.0 Å². The maximum atomic E-state index is 13.7. The molecule has 1 fully saturated rings. The lowest BCUT2D eigenvalue weighted by Gasteiger charge is -2.28. The van der Waals surface area contributed by atoms with E-state index in [1.807, 2.05) is 91.9 Å². The Balaban J connectivity index is 1.50. The van der Waals surface area contributed by atoms with Gasteiger partial charge in [0.05, 0.1) is 13.7 Å². The molecule has 1 heterocycles. The van der Waals surface area contributed by atoms with Crippen LogP contribution in [0.15, 0.2) is 84.9 Å². The number of allylic oxidation sites excluding steroid dienone is 1. The summed E-state index contributed by atoms with van der Waals surface area (Å²) in [6, 6.07) is 23.6. The number of amides is 3. The minimum absolute atomic E-state index is 0.118. The van der Waals surface area contributed by atoms with Crippen molar-refractivity contribution in [1.82, 2.24) is 10.2 Å². The summed E-state index contributed by atoms with van der Waals surface area (Å²) in [6.07, 6.45) is 3.06. The fourth-order valence-corrected chi connectivity index (χ4v) is 4.38. The van der Waals surface area contributed by atoms with Gasteiger partial charge < -0.3 is 19.9 Å². The molecule has 3 amide bonds. The van der Waals surface area contributed by atoms with Crippen molar-refractivity contribution in [3.8, 4) is 11.5 Å². The standard InChI is InChI=1S/C29H30N2O5/c1-3-10-21-15-16-25(26(17-21)35-2)36-20-24(32)19-31-27(33)29(30-28(31)34,23-13-8-5-9-14-23)18-22-11-6-4-7-12-22/h3-17,24,32H,18-20H2,1-2H3,(H,30,34)/b10-3+. The number of methoxy groups -OCH3 is 1. The van der Waals surface area contributed by atoms with Gasteiger partial charge in [-0.2, -0.15) is 0 Å². The Kier molecular flexibility index (Phi) is 7.71. The first-order valence-corrected chi connectivity index (χ1v) is 11.8. The third kappa shape index (κ3) is 5.26. The van der Waals surface area contributed by atoms with Crippen molar-refractivity contribution in [2.24, 2.45) is 0 Å². The summed E-state index contributed by atoms with van der Waals surface area (Å²) in [7, 11) is 1.54. The second-order valence-electron chi connectivity index (χ2n) is 8.65. The number of carbonyl (C=O) groups excluding carboxylic acids is 2. The van der Waals surface area contributed by atoms with E-state index in [9.17, 15) is 14.7 Å². The number of aliphatic hydroxyl groups excluding tert-OH is 1. The molecule has 3 aromatic rings. The highest BCUT2D eigenvalue weighted by atomic mass is 16.5. The third-order valence-electron chi connectivity index (χ3n) is 6.13. The van der Waals surface area contributed by atoms with E-state index in [4.69, 9.17) is 9.47 Å². The number of rotatable bonds is 10. The van der Waals surface area contributed by atoms with Crippen LogP contribution in [0.3, 0.4) is 0 Å². The number of hydrogen-bond acceptors (Lipinski definition) is 5. The summed E-state index contributed by atoms with van der Waals surface area (Å²) in [5, 5.41) is 13.6. The maximum Gasteiger partial charge on any atom is 0.325 e. The number of imide groups is 1. The van der Waals surface area contributed by atoms with Crippen LogP contribution >= 0.6 is 0 Å². The van der Waals surface area contributed by atoms with Gasteiger partial charge in [-0.05, 0) is 35.7 Å². The molecule has 0 bridgehead atoms. The molecule has 0 spiro atoms. The molecule has 36 heavy (non-hydrogen) atoms. The number of aliphatic hydroxyl groups is 1. The molecule has 2 atom stereocenters. The fraction of sp³-hybridized carbons (Fsp3) is 0.241. The normalized spacial score (nSPS) is 18.4. The lowest BCUT2D eigenvalue weighted by molar-refractivity contribution is -0.132. The van der Waals surface area contributed by atoms with Crippen molar-refractivity contribution in [3.63, 3.8) is 0 Å². The Morgan fingerprint density at radius 3 is 2.36 bits per heavy atom. The first-order chi connectivity index (χ1) is 17.5. The quantitative estimate of drug-likeness (QED) is 0.420. The van der Waals surface area contributed by atoms with Crippen molar-refractivity contribution in [2.45, 2.75) is 25.0 Å².